The Balaban J connectivity index is 1.81. The van der Waals surface area contributed by atoms with Crippen LogP contribution < -0.4 is 4.74 Å². The van der Waals surface area contributed by atoms with Gasteiger partial charge in [0.05, 0.1) is 19.8 Å². The molecule has 3 heterocycles. The van der Waals surface area contributed by atoms with Crippen molar-refractivity contribution in [2.75, 3.05) is 20.3 Å². The van der Waals surface area contributed by atoms with Crippen LogP contribution in [0, 0.1) is 5.82 Å². The van der Waals surface area contributed by atoms with E-state index in [1.807, 2.05) is 6.07 Å². The van der Waals surface area contributed by atoms with Crippen molar-refractivity contribution in [3.63, 3.8) is 0 Å². The van der Waals surface area contributed by atoms with Crippen LogP contribution in [0.5, 0.6) is 5.75 Å². The first-order valence-electron chi connectivity index (χ1n) is 8.53. The predicted octanol–water partition coefficient (Wildman–Crippen LogP) is 2.57. The maximum Gasteiger partial charge on any atom is 0.235 e. The van der Waals surface area contributed by atoms with E-state index in [0.717, 1.165) is 22.2 Å². The van der Waals surface area contributed by atoms with Crippen molar-refractivity contribution in [1.82, 2.24) is 14.3 Å². The van der Waals surface area contributed by atoms with Crippen LogP contribution in [0.2, 0.25) is 0 Å². The lowest BCUT2D eigenvalue weighted by Crippen LogP contribution is -2.34. The number of H-pyrrole nitrogens is 1. The summed E-state index contributed by atoms with van der Waals surface area (Å²) in [7, 11) is 1.53. The maximum absolute atomic E-state index is 13.9. The molecule has 0 saturated heterocycles. The molecule has 0 saturated carbocycles. The van der Waals surface area contributed by atoms with E-state index < -0.39 is 17.3 Å². The Morgan fingerprint density at radius 1 is 1.36 bits per heavy atom. The fourth-order valence-corrected chi connectivity index (χ4v) is 4.08. The van der Waals surface area contributed by atoms with E-state index in [1.54, 1.807) is 24.4 Å². The summed E-state index contributed by atoms with van der Waals surface area (Å²) in [6, 6.07) is 7.43. The van der Waals surface area contributed by atoms with Gasteiger partial charge >= 0.3 is 0 Å². The highest BCUT2D eigenvalue weighted by molar-refractivity contribution is 7.76. The molecule has 1 aliphatic heterocycles. The van der Waals surface area contributed by atoms with Gasteiger partial charge in [-0.25, -0.2) is 13.6 Å². The van der Waals surface area contributed by atoms with Crippen LogP contribution in [0.25, 0.3) is 27.7 Å². The Kier molecular flexibility index (Phi) is 4.98. The predicted molar refractivity (Wildman–Crippen MR) is 104 cm³/mol. The number of methoxy groups -OCH3 is 1. The van der Waals surface area contributed by atoms with Crippen molar-refractivity contribution in [3.05, 3.63) is 54.1 Å². The lowest BCUT2D eigenvalue weighted by molar-refractivity contribution is 0.229. The molecule has 9 heteroatoms. The molecule has 146 valence electrons. The smallest absolute Gasteiger partial charge is 0.235 e. The summed E-state index contributed by atoms with van der Waals surface area (Å²) in [6.07, 6.45) is 3.37. The first kappa shape index (κ1) is 18.8. The molecule has 0 fully saturated rings. The van der Waals surface area contributed by atoms with Crippen molar-refractivity contribution in [3.8, 4) is 16.9 Å². The van der Waals surface area contributed by atoms with Gasteiger partial charge in [0.15, 0.2) is 0 Å². The van der Waals surface area contributed by atoms with Gasteiger partial charge in [-0.2, -0.15) is 4.31 Å². The van der Waals surface area contributed by atoms with E-state index in [9.17, 15) is 18.3 Å². The molecule has 7 nitrogen and oxygen atoms in total. The molecule has 1 aliphatic rings. The Morgan fingerprint density at radius 3 is 2.86 bits per heavy atom. The molecule has 2 atom stereocenters. The minimum atomic E-state index is -2.19. The van der Waals surface area contributed by atoms with Crippen molar-refractivity contribution in [1.29, 1.82) is 0 Å². The van der Waals surface area contributed by atoms with Gasteiger partial charge in [0.2, 0.25) is 11.3 Å². The van der Waals surface area contributed by atoms with Crippen molar-refractivity contribution < 1.29 is 23.0 Å². The molecule has 4 rings (SSSR count). The second-order valence-corrected chi connectivity index (χ2v) is 7.33. The molecule has 3 aromatic rings. The number of hydrogen-bond donors (Lipinski definition) is 3. The number of aliphatic hydroxyl groups excluding tert-OH is 1. The zero-order valence-electron chi connectivity index (χ0n) is 14.9. The van der Waals surface area contributed by atoms with E-state index >= 15 is 0 Å². The number of halogens is 1. The maximum atomic E-state index is 13.9. The summed E-state index contributed by atoms with van der Waals surface area (Å²) in [5.74, 6) is 0.167. The lowest BCUT2D eigenvalue weighted by atomic mass is 10.0. The molecular formula is C19H18FN3O4S. The third-order valence-corrected chi connectivity index (χ3v) is 5.61. The Bertz CT molecular complexity index is 1100. The minimum Gasteiger partial charge on any atom is -0.496 e. The first-order valence-corrected chi connectivity index (χ1v) is 9.59. The molecular weight excluding hydrogens is 385 g/mol. The number of nitrogens with one attached hydrogen (secondary N) is 1. The van der Waals surface area contributed by atoms with Crippen LogP contribution in [0.4, 0.5) is 4.39 Å². The summed E-state index contributed by atoms with van der Waals surface area (Å²) >= 11 is -2.19. The normalized spacial score (nSPS) is 18.4. The second-order valence-electron chi connectivity index (χ2n) is 6.40. The number of nitrogens with zero attached hydrogens (tertiary/aromatic N) is 2. The molecule has 1 unspecified atom stereocenters. The van der Waals surface area contributed by atoms with Gasteiger partial charge in [0, 0.05) is 29.4 Å². The number of aromatic nitrogens is 2. The summed E-state index contributed by atoms with van der Waals surface area (Å²) in [5, 5.41) is 10.2. The van der Waals surface area contributed by atoms with Gasteiger partial charge in [-0.05, 0) is 41.5 Å². The third-order valence-electron chi connectivity index (χ3n) is 4.81. The van der Waals surface area contributed by atoms with Gasteiger partial charge < -0.3 is 14.8 Å². The SMILES string of the molecule is COc1ccc(F)cc1-c1ccnc2[nH]c(C3=C[C@@H](CO)N(S(=O)O)C3)cc12. The second kappa shape index (κ2) is 7.44. The van der Waals surface area contributed by atoms with Gasteiger partial charge in [-0.3, -0.25) is 4.55 Å². The summed E-state index contributed by atoms with van der Waals surface area (Å²) in [5.41, 5.74) is 3.45. The topological polar surface area (TPSA) is 98.7 Å². The van der Waals surface area contributed by atoms with Crippen molar-refractivity contribution in [2.24, 2.45) is 0 Å². The fraction of sp³-hybridized carbons (Fsp3) is 0.211. The number of aromatic amines is 1. The van der Waals surface area contributed by atoms with Crippen molar-refractivity contribution >= 4 is 27.9 Å². The van der Waals surface area contributed by atoms with E-state index in [4.69, 9.17) is 4.74 Å². The highest BCUT2D eigenvalue weighted by Crippen LogP contribution is 2.36. The van der Waals surface area contributed by atoms with Gasteiger partial charge in [-0.15, -0.1) is 0 Å². The number of pyridine rings is 1. The van der Waals surface area contributed by atoms with Crippen LogP contribution >= 0.6 is 0 Å². The van der Waals surface area contributed by atoms with Crippen LogP contribution in [0.15, 0.2) is 42.6 Å². The van der Waals surface area contributed by atoms with E-state index in [-0.39, 0.29) is 19.0 Å². The summed E-state index contributed by atoms with van der Waals surface area (Å²) in [4.78, 5) is 7.54. The molecule has 28 heavy (non-hydrogen) atoms. The molecule has 0 bridgehead atoms. The van der Waals surface area contributed by atoms with Crippen LogP contribution in [-0.4, -0.2) is 54.4 Å². The third kappa shape index (κ3) is 3.22. The zero-order valence-corrected chi connectivity index (χ0v) is 15.7. The Labute approximate surface area is 162 Å². The van der Waals surface area contributed by atoms with Crippen LogP contribution in [0.3, 0.4) is 0 Å². The number of fused-ring (bicyclic) bond motifs is 1. The average molecular weight is 403 g/mol. The van der Waals surface area contributed by atoms with Gasteiger partial charge in [0.25, 0.3) is 0 Å². The minimum absolute atomic E-state index is 0.208. The molecule has 2 aromatic heterocycles. The number of rotatable bonds is 5. The zero-order chi connectivity index (χ0) is 19.8. The average Bonchev–Trinajstić information content (AvgIpc) is 3.31. The van der Waals surface area contributed by atoms with Crippen LogP contribution in [0.1, 0.15) is 5.69 Å². The van der Waals surface area contributed by atoms with Gasteiger partial charge in [-0.1, -0.05) is 6.08 Å². The number of aliphatic hydroxyl groups is 1. The summed E-state index contributed by atoms with van der Waals surface area (Å²) < 4.78 is 41.4. The first-order chi connectivity index (χ1) is 13.5. The largest absolute Gasteiger partial charge is 0.496 e. The lowest BCUT2D eigenvalue weighted by Gasteiger charge is -2.16. The molecule has 1 aromatic carbocycles. The number of hydrogen-bond acceptors (Lipinski definition) is 4. The quantitative estimate of drug-likeness (QED) is 0.569. The monoisotopic (exact) mass is 403 g/mol. The number of ether oxygens (including phenoxy) is 1. The molecule has 0 aliphatic carbocycles. The molecule has 3 N–H and O–H groups in total. The van der Waals surface area contributed by atoms with Gasteiger partial charge in [0.1, 0.15) is 17.2 Å². The summed E-state index contributed by atoms with van der Waals surface area (Å²) in [6.45, 7) is -0.0558. The highest BCUT2D eigenvalue weighted by atomic mass is 32.2. The number of benzene rings is 1. The van der Waals surface area contributed by atoms with E-state index in [1.165, 1.54) is 23.5 Å². The molecule has 0 radical (unpaired) electrons. The fourth-order valence-electron chi connectivity index (χ4n) is 3.47. The highest BCUT2D eigenvalue weighted by Gasteiger charge is 2.29. The standard InChI is InChI=1S/C19H18FN3O4S/c1-27-18-3-2-12(20)7-15(18)14-4-5-21-19-16(14)8-17(22-19)11-6-13(10-24)23(9-11)28(25)26/h2-8,13,24H,9-10H2,1H3,(H,21,22)(H,25,26)/t13-/m0/s1. The molecule has 0 amide bonds. The van der Waals surface area contributed by atoms with E-state index in [0.29, 0.717) is 17.0 Å². The molecule has 0 spiro atoms. The van der Waals surface area contributed by atoms with Crippen LogP contribution in [-0.2, 0) is 11.3 Å². The Morgan fingerprint density at radius 2 is 2.18 bits per heavy atom. The van der Waals surface area contributed by atoms with Crippen molar-refractivity contribution in [2.45, 2.75) is 6.04 Å². The van der Waals surface area contributed by atoms with E-state index in [2.05, 4.69) is 9.97 Å². The Hall–Kier alpha value is -2.59.